The number of benzene rings is 2. The number of hydrogen-bond acceptors (Lipinski definition) is 2. The molecule has 0 saturated carbocycles. The van der Waals surface area contributed by atoms with E-state index in [0.29, 0.717) is 24.1 Å². The molecule has 2 aromatic carbocycles. The van der Waals surface area contributed by atoms with Crippen LogP contribution < -0.4 is 0 Å². The van der Waals surface area contributed by atoms with E-state index < -0.39 is 53.4 Å². The van der Waals surface area contributed by atoms with Gasteiger partial charge in [0.25, 0.3) is 0 Å². The van der Waals surface area contributed by atoms with E-state index in [4.69, 9.17) is 9.47 Å². The molecule has 0 N–H and O–H groups in total. The van der Waals surface area contributed by atoms with Crippen molar-refractivity contribution in [2.45, 2.75) is 44.0 Å². The van der Waals surface area contributed by atoms with Gasteiger partial charge in [-0.3, -0.25) is 0 Å². The molecule has 0 aliphatic carbocycles. The van der Waals surface area contributed by atoms with Crippen molar-refractivity contribution in [3.05, 3.63) is 82.9 Å². The molecule has 0 aromatic heterocycles. The normalized spacial score (nSPS) is 22.8. The van der Waals surface area contributed by atoms with Crippen LogP contribution in [0.4, 0.5) is 35.1 Å². The second-order valence-electron chi connectivity index (χ2n) is 7.74. The van der Waals surface area contributed by atoms with Crippen molar-refractivity contribution < 1.29 is 44.6 Å². The van der Waals surface area contributed by atoms with E-state index in [1.165, 1.54) is 13.0 Å². The molecule has 1 fully saturated rings. The fraction of sp³-hybridized carbons (Fsp3) is 0.391. The van der Waals surface area contributed by atoms with Gasteiger partial charge >= 0.3 is 12.4 Å². The van der Waals surface area contributed by atoms with E-state index in [9.17, 15) is 35.1 Å². The van der Waals surface area contributed by atoms with Crippen molar-refractivity contribution in [2.24, 2.45) is 5.92 Å². The minimum atomic E-state index is -5.00. The Morgan fingerprint density at radius 2 is 1.58 bits per heavy atom. The molecule has 0 spiro atoms. The topological polar surface area (TPSA) is 18.5 Å². The molecule has 4 atom stereocenters. The Balaban J connectivity index is 1.96. The third-order valence-corrected chi connectivity index (χ3v) is 5.54. The molecule has 1 heterocycles. The van der Waals surface area contributed by atoms with Crippen LogP contribution in [-0.2, 0) is 21.8 Å². The molecule has 2 aromatic rings. The van der Waals surface area contributed by atoms with Crippen LogP contribution in [0.5, 0.6) is 0 Å². The maximum atomic E-state index is 13.8. The van der Waals surface area contributed by atoms with E-state index >= 15 is 0 Å². The average Bonchev–Trinajstić information content (AvgIpc) is 2.74. The van der Waals surface area contributed by atoms with Gasteiger partial charge in [0.15, 0.2) is 17.9 Å². The van der Waals surface area contributed by atoms with Gasteiger partial charge in [0.05, 0.1) is 23.8 Å². The molecule has 0 radical (unpaired) electrons. The highest BCUT2D eigenvalue weighted by atomic mass is 19.4. The Bertz CT molecular complexity index is 967. The van der Waals surface area contributed by atoms with Gasteiger partial charge in [-0.1, -0.05) is 12.1 Å². The smallest absolute Gasteiger partial charge is 0.352 e. The molecule has 2 nitrogen and oxygen atoms in total. The molecular formula is C23H20F8O2. The molecule has 10 heteroatoms. The molecule has 1 aliphatic heterocycles. The van der Waals surface area contributed by atoms with Gasteiger partial charge in [-0.05, 0) is 60.7 Å². The van der Waals surface area contributed by atoms with Crippen molar-refractivity contribution in [2.75, 3.05) is 6.61 Å². The highest BCUT2D eigenvalue weighted by Crippen LogP contribution is 2.41. The van der Waals surface area contributed by atoms with Crippen molar-refractivity contribution in [3.63, 3.8) is 0 Å². The zero-order chi connectivity index (χ0) is 24.6. The predicted molar refractivity (Wildman–Crippen MR) is 103 cm³/mol. The van der Waals surface area contributed by atoms with Crippen molar-refractivity contribution in [3.8, 4) is 0 Å². The summed E-state index contributed by atoms with van der Waals surface area (Å²) in [7, 11) is 0. The van der Waals surface area contributed by atoms with Crippen molar-refractivity contribution in [1.29, 1.82) is 0 Å². The summed E-state index contributed by atoms with van der Waals surface area (Å²) in [6, 6.07) is 4.40. The number of alkyl halides is 6. The minimum absolute atomic E-state index is 0.0329. The molecule has 0 unspecified atom stereocenters. The summed E-state index contributed by atoms with van der Waals surface area (Å²) in [5.74, 6) is -3.20. The molecule has 180 valence electrons. The van der Waals surface area contributed by atoms with Gasteiger partial charge in [0.2, 0.25) is 0 Å². The van der Waals surface area contributed by atoms with E-state index in [1.54, 1.807) is 6.08 Å². The Morgan fingerprint density at radius 3 is 2.09 bits per heavy atom. The Hall–Kier alpha value is -2.46. The standard InChI is InChI=1S/C23H20F8O2/c1-3-13-6-7-32-21(20(13)14-4-5-18(24)19(25)10-14)33-12(2)15-8-16(22(26,27)28)11-17(9-15)23(29,30)31/h3-5,8-13,20-21H,1,6-7H2,2H3/t12-,13+,20+,21-/m1/s1. The Morgan fingerprint density at radius 1 is 0.970 bits per heavy atom. The first kappa shape index (κ1) is 25.2. The lowest BCUT2D eigenvalue weighted by Gasteiger charge is -2.38. The van der Waals surface area contributed by atoms with E-state index in [0.717, 1.165) is 12.1 Å². The van der Waals surface area contributed by atoms with Gasteiger partial charge in [-0.15, -0.1) is 6.58 Å². The molecule has 0 bridgehead atoms. The van der Waals surface area contributed by atoms with Crippen molar-refractivity contribution >= 4 is 0 Å². The van der Waals surface area contributed by atoms with Gasteiger partial charge in [0, 0.05) is 5.92 Å². The zero-order valence-electron chi connectivity index (χ0n) is 17.3. The molecule has 1 aliphatic rings. The first-order chi connectivity index (χ1) is 15.3. The minimum Gasteiger partial charge on any atom is -0.352 e. The second kappa shape index (κ2) is 9.42. The molecule has 1 saturated heterocycles. The van der Waals surface area contributed by atoms with E-state index in [-0.39, 0.29) is 24.2 Å². The van der Waals surface area contributed by atoms with Crippen LogP contribution in [0.1, 0.15) is 47.6 Å². The van der Waals surface area contributed by atoms with Gasteiger partial charge < -0.3 is 9.47 Å². The fourth-order valence-corrected chi connectivity index (χ4v) is 3.81. The average molecular weight is 480 g/mol. The van der Waals surface area contributed by atoms with E-state index in [2.05, 4.69) is 6.58 Å². The summed E-state index contributed by atoms with van der Waals surface area (Å²) in [4.78, 5) is 0. The quantitative estimate of drug-likeness (QED) is 0.328. The van der Waals surface area contributed by atoms with Crippen LogP contribution in [0.15, 0.2) is 49.1 Å². The Kier molecular flexibility index (Phi) is 7.18. The second-order valence-corrected chi connectivity index (χ2v) is 7.74. The first-order valence-corrected chi connectivity index (χ1v) is 9.95. The highest BCUT2D eigenvalue weighted by molar-refractivity contribution is 5.35. The van der Waals surface area contributed by atoms with Crippen LogP contribution >= 0.6 is 0 Å². The highest BCUT2D eigenvalue weighted by Gasteiger charge is 2.39. The van der Waals surface area contributed by atoms with Crippen LogP contribution in [0.25, 0.3) is 0 Å². The number of ether oxygens (including phenoxy) is 2. The third-order valence-electron chi connectivity index (χ3n) is 5.54. The van der Waals surface area contributed by atoms with Gasteiger partial charge in [-0.2, -0.15) is 26.3 Å². The number of halogens is 8. The molecule has 0 amide bonds. The summed E-state index contributed by atoms with van der Waals surface area (Å²) >= 11 is 0. The van der Waals surface area contributed by atoms with Crippen LogP contribution in [-0.4, -0.2) is 12.9 Å². The van der Waals surface area contributed by atoms with Gasteiger partial charge in [0.1, 0.15) is 0 Å². The third kappa shape index (κ3) is 5.73. The van der Waals surface area contributed by atoms with Crippen LogP contribution in [0.2, 0.25) is 0 Å². The van der Waals surface area contributed by atoms with Crippen LogP contribution in [0.3, 0.4) is 0 Å². The summed E-state index contributed by atoms with van der Waals surface area (Å²) < 4.78 is 118. The zero-order valence-corrected chi connectivity index (χ0v) is 17.3. The van der Waals surface area contributed by atoms with Gasteiger partial charge in [-0.25, -0.2) is 8.78 Å². The summed E-state index contributed by atoms with van der Waals surface area (Å²) in [5.41, 5.74) is -2.98. The fourth-order valence-electron chi connectivity index (χ4n) is 3.81. The molecule has 33 heavy (non-hydrogen) atoms. The molecule has 3 rings (SSSR count). The Labute approximate surface area is 184 Å². The molecular weight excluding hydrogens is 460 g/mol. The SMILES string of the molecule is C=C[C@H]1CCO[C@H](O[C@H](C)c2cc(C(F)(F)F)cc(C(F)(F)F)c2)[C@@H]1c1ccc(F)c(F)c1. The maximum absolute atomic E-state index is 13.8. The number of hydrogen-bond donors (Lipinski definition) is 0. The first-order valence-electron chi connectivity index (χ1n) is 9.95. The largest absolute Gasteiger partial charge is 0.416 e. The lowest BCUT2D eigenvalue weighted by atomic mass is 9.81. The van der Waals surface area contributed by atoms with Crippen LogP contribution in [0, 0.1) is 17.6 Å². The lowest BCUT2D eigenvalue weighted by molar-refractivity contribution is -0.205. The lowest BCUT2D eigenvalue weighted by Crippen LogP contribution is -2.36. The number of allylic oxidation sites excluding steroid dienone is 1. The monoisotopic (exact) mass is 480 g/mol. The predicted octanol–water partition coefficient (Wildman–Crippen LogP) is 7.41. The summed E-state index contributed by atoms with van der Waals surface area (Å²) in [6.07, 6.45) is -10.4. The summed E-state index contributed by atoms with van der Waals surface area (Å²) in [6.45, 7) is 5.18. The summed E-state index contributed by atoms with van der Waals surface area (Å²) in [5, 5.41) is 0. The van der Waals surface area contributed by atoms with Crippen molar-refractivity contribution in [1.82, 2.24) is 0 Å². The number of rotatable bonds is 5. The maximum Gasteiger partial charge on any atom is 0.416 e. The van der Waals surface area contributed by atoms with E-state index in [1.807, 2.05) is 0 Å².